The minimum atomic E-state index is -3.60. The zero-order chi connectivity index (χ0) is 19.9. The van der Waals surface area contributed by atoms with Crippen LogP contribution in [-0.4, -0.2) is 46.2 Å². The molecule has 1 heterocycles. The number of ether oxygens (including phenoxy) is 2. The Morgan fingerprint density at radius 3 is 2.56 bits per heavy atom. The third-order valence-corrected chi connectivity index (χ3v) is 5.40. The lowest BCUT2D eigenvalue weighted by atomic mass is 10.1. The number of nitrogens with two attached hydrogens (primary N) is 1. The van der Waals surface area contributed by atoms with Crippen LogP contribution in [0.1, 0.15) is 39.5 Å². The van der Waals surface area contributed by atoms with E-state index in [0.717, 1.165) is 6.42 Å². The Labute approximate surface area is 160 Å². The Kier molecular flexibility index (Phi) is 7.46. The average Bonchev–Trinajstić information content (AvgIpc) is 2.62. The van der Waals surface area contributed by atoms with Crippen molar-refractivity contribution in [2.24, 2.45) is 5.73 Å². The Hall–Kier alpha value is -1.84. The standard InChI is InChI=1S/C18H29N3O5S/c1-18(2,19)13-20-17(22)6-4-3-5-9-21-27(23,24)14-7-8-15-16(12-14)26-11-10-25-15/h7-8,12,21H,3-6,9-11,13,19H2,1-2H3,(H,20,22). The first kappa shape index (κ1) is 21.5. The van der Waals surface area contributed by atoms with Crippen molar-refractivity contribution in [3.8, 4) is 11.5 Å². The molecule has 9 heteroatoms. The Morgan fingerprint density at radius 1 is 1.15 bits per heavy atom. The van der Waals surface area contributed by atoms with Crippen molar-refractivity contribution in [2.75, 3.05) is 26.3 Å². The minimum Gasteiger partial charge on any atom is -0.486 e. The van der Waals surface area contributed by atoms with Crippen LogP contribution < -0.4 is 25.2 Å². The van der Waals surface area contributed by atoms with E-state index >= 15 is 0 Å². The van der Waals surface area contributed by atoms with Crippen molar-refractivity contribution in [3.63, 3.8) is 0 Å². The highest BCUT2D eigenvalue weighted by atomic mass is 32.2. The van der Waals surface area contributed by atoms with Crippen LogP contribution in [0.15, 0.2) is 23.1 Å². The van der Waals surface area contributed by atoms with E-state index in [0.29, 0.717) is 57.1 Å². The molecule has 1 aromatic rings. The van der Waals surface area contributed by atoms with E-state index in [2.05, 4.69) is 10.0 Å². The summed E-state index contributed by atoms with van der Waals surface area (Å²) in [5.41, 5.74) is 5.38. The highest BCUT2D eigenvalue weighted by Crippen LogP contribution is 2.32. The van der Waals surface area contributed by atoms with E-state index in [9.17, 15) is 13.2 Å². The molecule has 27 heavy (non-hydrogen) atoms. The maximum absolute atomic E-state index is 12.4. The van der Waals surface area contributed by atoms with Gasteiger partial charge < -0.3 is 20.5 Å². The fraction of sp³-hybridized carbons (Fsp3) is 0.611. The number of carbonyl (C=O) groups excluding carboxylic acids is 1. The van der Waals surface area contributed by atoms with Crippen LogP contribution >= 0.6 is 0 Å². The fourth-order valence-corrected chi connectivity index (χ4v) is 3.57. The van der Waals surface area contributed by atoms with E-state index in [-0.39, 0.29) is 10.8 Å². The van der Waals surface area contributed by atoms with E-state index in [4.69, 9.17) is 15.2 Å². The minimum absolute atomic E-state index is 0.0367. The summed E-state index contributed by atoms with van der Waals surface area (Å²) in [6.45, 7) is 5.30. The summed E-state index contributed by atoms with van der Waals surface area (Å²) in [7, 11) is -3.60. The number of carbonyl (C=O) groups is 1. The van der Waals surface area contributed by atoms with Gasteiger partial charge in [-0.15, -0.1) is 0 Å². The quantitative estimate of drug-likeness (QED) is 0.508. The molecule has 1 amide bonds. The van der Waals surface area contributed by atoms with Gasteiger partial charge in [0.05, 0.1) is 4.90 Å². The molecule has 0 bridgehead atoms. The zero-order valence-electron chi connectivity index (χ0n) is 15.9. The predicted molar refractivity (Wildman–Crippen MR) is 102 cm³/mol. The molecular formula is C18H29N3O5S. The maximum atomic E-state index is 12.4. The second-order valence-corrected chi connectivity index (χ2v) is 9.05. The number of benzene rings is 1. The number of amides is 1. The molecular weight excluding hydrogens is 370 g/mol. The molecule has 0 unspecified atom stereocenters. The lowest BCUT2D eigenvalue weighted by Crippen LogP contribution is -2.45. The van der Waals surface area contributed by atoms with Crippen molar-refractivity contribution < 1.29 is 22.7 Å². The predicted octanol–water partition coefficient (Wildman–Crippen LogP) is 1.15. The SMILES string of the molecule is CC(C)(N)CNC(=O)CCCCCNS(=O)(=O)c1ccc2c(c1)OCCO2. The first-order chi connectivity index (χ1) is 12.7. The Bertz CT molecular complexity index is 744. The molecule has 0 fully saturated rings. The molecule has 0 radical (unpaired) electrons. The van der Waals surface area contributed by atoms with Crippen LogP contribution in [0.25, 0.3) is 0 Å². The molecule has 2 rings (SSSR count). The van der Waals surface area contributed by atoms with Crippen LogP contribution in [0.4, 0.5) is 0 Å². The number of nitrogens with one attached hydrogen (secondary N) is 2. The zero-order valence-corrected chi connectivity index (χ0v) is 16.7. The summed E-state index contributed by atoms with van der Waals surface area (Å²) in [6, 6.07) is 4.57. The van der Waals surface area contributed by atoms with Crippen LogP contribution in [0.5, 0.6) is 11.5 Å². The average molecular weight is 400 g/mol. The van der Waals surface area contributed by atoms with Gasteiger partial charge in [-0.05, 0) is 38.8 Å². The number of fused-ring (bicyclic) bond motifs is 1. The third-order valence-electron chi connectivity index (χ3n) is 3.94. The van der Waals surface area contributed by atoms with Crippen molar-refractivity contribution in [2.45, 2.75) is 50.0 Å². The van der Waals surface area contributed by atoms with Crippen LogP contribution in [0, 0.1) is 0 Å². The van der Waals surface area contributed by atoms with E-state index in [1.54, 1.807) is 6.07 Å². The van der Waals surface area contributed by atoms with Gasteiger partial charge in [0.15, 0.2) is 11.5 Å². The normalized spacial score (nSPS) is 14.0. The van der Waals surface area contributed by atoms with Gasteiger partial charge in [0, 0.05) is 31.1 Å². The molecule has 4 N–H and O–H groups in total. The number of hydrogen-bond donors (Lipinski definition) is 3. The lowest BCUT2D eigenvalue weighted by Gasteiger charge is -2.19. The van der Waals surface area contributed by atoms with E-state index in [1.165, 1.54) is 12.1 Å². The summed E-state index contributed by atoms with van der Waals surface area (Å²) in [4.78, 5) is 11.8. The monoisotopic (exact) mass is 399 g/mol. The fourth-order valence-electron chi connectivity index (χ4n) is 2.48. The Morgan fingerprint density at radius 2 is 1.85 bits per heavy atom. The first-order valence-corrected chi connectivity index (χ1v) is 10.6. The molecule has 0 spiro atoms. The molecule has 1 aliphatic rings. The maximum Gasteiger partial charge on any atom is 0.240 e. The largest absolute Gasteiger partial charge is 0.486 e. The van der Waals surface area contributed by atoms with Gasteiger partial charge >= 0.3 is 0 Å². The number of hydrogen-bond acceptors (Lipinski definition) is 6. The number of sulfonamides is 1. The van der Waals surface area contributed by atoms with Crippen LogP contribution in [0.2, 0.25) is 0 Å². The van der Waals surface area contributed by atoms with E-state index in [1.807, 2.05) is 13.8 Å². The lowest BCUT2D eigenvalue weighted by molar-refractivity contribution is -0.121. The highest BCUT2D eigenvalue weighted by Gasteiger charge is 2.19. The molecule has 0 atom stereocenters. The van der Waals surface area contributed by atoms with Gasteiger partial charge in [0.2, 0.25) is 15.9 Å². The summed E-state index contributed by atoms with van der Waals surface area (Å²) in [5.74, 6) is 0.956. The Balaban J connectivity index is 1.68. The molecule has 0 saturated heterocycles. The van der Waals surface area contributed by atoms with Gasteiger partial charge in [0.25, 0.3) is 0 Å². The molecule has 1 aromatic carbocycles. The van der Waals surface area contributed by atoms with Gasteiger partial charge in [0.1, 0.15) is 13.2 Å². The number of rotatable bonds is 10. The summed E-state index contributed by atoms with van der Waals surface area (Å²) >= 11 is 0. The molecule has 0 saturated carbocycles. The molecule has 0 aliphatic carbocycles. The summed E-state index contributed by atoms with van der Waals surface area (Å²) in [6.07, 6.45) is 2.51. The summed E-state index contributed by atoms with van der Waals surface area (Å²) in [5, 5.41) is 2.79. The molecule has 152 valence electrons. The van der Waals surface area contributed by atoms with Crippen LogP contribution in [0.3, 0.4) is 0 Å². The van der Waals surface area contributed by atoms with Crippen molar-refractivity contribution in [1.82, 2.24) is 10.0 Å². The molecule has 1 aliphatic heterocycles. The van der Waals surface area contributed by atoms with Gasteiger partial charge in [-0.3, -0.25) is 4.79 Å². The smallest absolute Gasteiger partial charge is 0.240 e. The molecule has 8 nitrogen and oxygen atoms in total. The van der Waals surface area contributed by atoms with Gasteiger partial charge in [-0.2, -0.15) is 0 Å². The van der Waals surface area contributed by atoms with Crippen molar-refractivity contribution in [1.29, 1.82) is 0 Å². The van der Waals surface area contributed by atoms with E-state index < -0.39 is 15.6 Å². The van der Waals surface area contributed by atoms with Crippen molar-refractivity contribution >= 4 is 15.9 Å². The van der Waals surface area contributed by atoms with Gasteiger partial charge in [-0.1, -0.05) is 6.42 Å². The third kappa shape index (κ3) is 7.36. The topological polar surface area (TPSA) is 120 Å². The number of unbranched alkanes of at least 4 members (excludes halogenated alkanes) is 2. The molecule has 0 aromatic heterocycles. The second-order valence-electron chi connectivity index (χ2n) is 7.28. The highest BCUT2D eigenvalue weighted by molar-refractivity contribution is 7.89. The summed E-state index contributed by atoms with van der Waals surface area (Å²) < 4.78 is 38.1. The first-order valence-electron chi connectivity index (χ1n) is 9.12. The van der Waals surface area contributed by atoms with Gasteiger partial charge in [-0.25, -0.2) is 13.1 Å². The van der Waals surface area contributed by atoms with Crippen molar-refractivity contribution in [3.05, 3.63) is 18.2 Å². The van der Waals surface area contributed by atoms with Crippen LogP contribution in [-0.2, 0) is 14.8 Å². The second kappa shape index (κ2) is 9.38.